The van der Waals surface area contributed by atoms with Crippen LogP contribution in [-0.4, -0.2) is 35.3 Å². The minimum atomic E-state index is -3.44. The first-order valence-electron chi connectivity index (χ1n) is 9.43. The molecule has 1 amide bonds. The third-order valence-corrected chi connectivity index (χ3v) is 7.19. The van der Waals surface area contributed by atoms with E-state index in [1.165, 1.54) is 12.6 Å². The molecule has 3 fully saturated rings. The molecule has 0 aliphatic heterocycles. The maximum Gasteiger partial charge on any atom is 0.408 e. The van der Waals surface area contributed by atoms with E-state index in [0.29, 0.717) is 30.4 Å². The second-order valence-electron chi connectivity index (χ2n) is 8.99. The van der Waals surface area contributed by atoms with E-state index in [9.17, 15) is 13.2 Å². The molecular weight excluding hydrogens is 368 g/mol. The minimum absolute atomic E-state index is 0.0605. The molecule has 27 heavy (non-hydrogen) atoms. The highest BCUT2D eigenvalue weighted by Gasteiger charge is 2.56. The lowest BCUT2D eigenvalue weighted by atomic mass is 9.89. The van der Waals surface area contributed by atoms with Crippen molar-refractivity contribution in [3.05, 3.63) is 18.0 Å². The van der Waals surface area contributed by atoms with Crippen LogP contribution in [0.25, 0.3) is 0 Å². The average molecular weight is 394 g/mol. The summed E-state index contributed by atoms with van der Waals surface area (Å²) in [7, 11) is -3.44. The Balaban J connectivity index is 1.57. The van der Waals surface area contributed by atoms with E-state index in [1.54, 1.807) is 6.07 Å². The number of sulfonamides is 1. The van der Waals surface area contributed by atoms with Crippen LogP contribution >= 0.6 is 0 Å². The van der Waals surface area contributed by atoms with Crippen molar-refractivity contribution in [1.29, 1.82) is 0 Å². The number of amides is 1. The van der Waals surface area contributed by atoms with Gasteiger partial charge in [0.25, 0.3) is 0 Å². The normalized spacial score (nSPS) is 29.7. The van der Waals surface area contributed by atoms with E-state index in [-0.39, 0.29) is 11.2 Å². The second kappa shape index (κ2) is 6.05. The van der Waals surface area contributed by atoms with Crippen molar-refractivity contribution in [1.82, 2.24) is 15.3 Å². The molecular formula is C18H26N4O4S. The summed E-state index contributed by atoms with van der Waals surface area (Å²) >= 11 is 0. The molecule has 0 saturated heterocycles. The summed E-state index contributed by atoms with van der Waals surface area (Å²) < 4.78 is 32.3. The van der Waals surface area contributed by atoms with Gasteiger partial charge in [-0.15, -0.1) is 0 Å². The molecule has 1 heterocycles. The lowest BCUT2D eigenvalue weighted by molar-refractivity contribution is 0.0442. The van der Waals surface area contributed by atoms with Crippen molar-refractivity contribution >= 4 is 22.1 Å². The fourth-order valence-corrected chi connectivity index (χ4v) is 5.20. The molecule has 0 radical (unpaired) electrons. The highest BCUT2D eigenvalue weighted by atomic mass is 32.2. The molecule has 0 spiro atoms. The molecule has 1 aromatic rings. The Labute approximate surface area is 159 Å². The molecule has 148 valence electrons. The Bertz CT molecular complexity index is 850. The number of rotatable bonds is 5. The summed E-state index contributed by atoms with van der Waals surface area (Å²) in [6, 6.07) is 1.75. The van der Waals surface area contributed by atoms with Crippen LogP contribution in [0.2, 0.25) is 0 Å². The summed E-state index contributed by atoms with van der Waals surface area (Å²) in [6.45, 7) is 5.46. The third-order valence-electron chi connectivity index (χ3n) is 5.37. The molecule has 2 atom stereocenters. The number of carbonyl (C=O) groups excluding carboxylic acids is 1. The lowest BCUT2D eigenvalue weighted by Crippen LogP contribution is -2.47. The highest BCUT2D eigenvalue weighted by Crippen LogP contribution is 2.59. The van der Waals surface area contributed by atoms with Crippen LogP contribution in [0.4, 0.5) is 10.7 Å². The monoisotopic (exact) mass is 394 g/mol. The summed E-state index contributed by atoms with van der Waals surface area (Å²) in [4.78, 5) is 21.0. The van der Waals surface area contributed by atoms with E-state index < -0.39 is 27.3 Å². The van der Waals surface area contributed by atoms with Crippen LogP contribution < -0.4 is 10.0 Å². The molecule has 8 nitrogen and oxygen atoms in total. The standard InChI is InChI=1S/C18H26N4O4S/c1-17(2,3)26-16(23)21-18(9-11-8-12(11)10-18)14-6-7-19-15(20-14)22-27(24,25)13-4-5-13/h6-7,11-13H,4-5,8-10H2,1-3H3,(H,21,23)(H,19,20,22). The van der Waals surface area contributed by atoms with Crippen LogP contribution in [0, 0.1) is 11.8 Å². The van der Waals surface area contributed by atoms with E-state index in [2.05, 4.69) is 20.0 Å². The average Bonchev–Trinajstić information content (AvgIpc) is 3.44. The Hall–Kier alpha value is -1.90. The topological polar surface area (TPSA) is 110 Å². The van der Waals surface area contributed by atoms with E-state index >= 15 is 0 Å². The number of ether oxygens (including phenoxy) is 1. The predicted molar refractivity (Wildman–Crippen MR) is 99.5 cm³/mol. The SMILES string of the molecule is CC(C)(C)OC(=O)NC1(c2ccnc(NS(=O)(=O)C3CC3)n2)CC2CC2C1. The van der Waals surface area contributed by atoms with E-state index in [4.69, 9.17) is 4.74 Å². The van der Waals surface area contributed by atoms with Gasteiger partial charge in [0.2, 0.25) is 16.0 Å². The Morgan fingerprint density at radius 1 is 1.26 bits per heavy atom. The molecule has 1 aromatic heterocycles. The summed E-state index contributed by atoms with van der Waals surface area (Å²) in [5.41, 5.74) is -0.605. The van der Waals surface area contributed by atoms with Crippen molar-refractivity contribution in [2.45, 2.75) is 69.3 Å². The maximum absolute atomic E-state index is 12.4. The molecule has 0 aromatic carbocycles. The zero-order valence-electron chi connectivity index (χ0n) is 15.9. The van der Waals surface area contributed by atoms with Crippen LogP contribution in [0.15, 0.2) is 12.3 Å². The fourth-order valence-electron chi connectivity index (χ4n) is 3.93. The molecule has 3 aliphatic carbocycles. The number of alkyl carbamates (subject to hydrolysis) is 1. The number of anilines is 1. The highest BCUT2D eigenvalue weighted by molar-refractivity contribution is 7.93. The van der Waals surface area contributed by atoms with Crippen molar-refractivity contribution in [2.24, 2.45) is 11.8 Å². The molecule has 3 saturated carbocycles. The number of aromatic nitrogens is 2. The summed E-state index contributed by atoms with van der Waals surface area (Å²) in [5, 5.41) is 2.67. The minimum Gasteiger partial charge on any atom is -0.444 e. The Morgan fingerprint density at radius 3 is 2.52 bits per heavy atom. The number of carbonyl (C=O) groups is 1. The van der Waals surface area contributed by atoms with Gasteiger partial charge in [-0.3, -0.25) is 4.72 Å². The molecule has 2 unspecified atom stereocenters. The van der Waals surface area contributed by atoms with Crippen molar-refractivity contribution in [3.63, 3.8) is 0 Å². The van der Waals surface area contributed by atoms with Crippen LogP contribution in [0.1, 0.15) is 58.6 Å². The van der Waals surface area contributed by atoms with E-state index in [0.717, 1.165) is 12.8 Å². The largest absolute Gasteiger partial charge is 0.444 e. The van der Waals surface area contributed by atoms with Crippen molar-refractivity contribution in [2.75, 3.05) is 4.72 Å². The molecule has 2 N–H and O–H groups in total. The first kappa shape index (κ1) is 18.5. The first-order chi connectivity index (χ1) is 12.6. The number of fused-ring (bicyclic) bond motifs is 1. The smallest absolute Gasteiger partial charge is 0.408 e. The molecule has 4 rings (SSSR count). The van der Waals surface area contributed by atoms with Gasteiger partial charge in [-0.25, -0.2) is 23.2 Å². The van der Waals surface area contributed by atoms with Gasteiger partial charge in [0.1, 0.15) is 5.60 Å². The quantitative estimate of drug-likeness (QED) is 0.794. The van der Waals surface area contributed by atoms with Gasteiger partial charge in [0.05, 0.1) is 16.5 Å². The number of hydrogen-bond acceptors (Lipinski definition) is 6. The third kappa shape index (κ3) is 4.02. The maximum atomic E-state index is 12.4. The predicted octanol–water partition coefficient (Wildman–Crippen LogP) is 2.53. The molecule has 9 heteroatoms. The van der Waals surface area contributed by atoms with Gasteiger partial charge < -0.3 is 10.1 Å². The number of nitrogens with one attached hydrogen (secondary N) is 2. The van der Waals surface area contributed by atoms with Gasteiger partial charge >= 0.3 is 6.09 Å². The lowest BCUT2D eigenvalue weighted by Gasteiger charge is -2.33. The van der Waals surface area contributed by atoms with Gasteiger partial charge in [0, 0.05) is 6.20 Å². The van der Waals surface area contributed by atoms with Gasteiger partial charge in [0.15, 0.2) is 0 Å². The first-order valence-corrected chi connectivity index (χ1v) is 11.0. The van der Waals surface area contributed by atoms with Crippen LogP contribution in [0.3, 0.4) is 0 Å². The number of nitrogens with zero attached hydrogens (tertiary/aromatic N) is 2. The van der Waals surface area contributed by atoms with Crippen LogP contribution in [0.5, 0.6) is 0 Å². The molecule has 3 aliphatic rings. The van der Waals surface area contributed by atoms with Crippen LogP contribution in [-0.2, 0) is 20.3 Å². The summed E-state index contributed by atoms with van der Waals surface area (Å²) in [6.07, 6.45) is 5.12. The number of hydrogen-bond donors (Lipinski definition) is 2. The van der Waals surface area contributed by atoms with Gasteiger partial charge in [-0.05, 0) is 70.8 Å². The fraction of sp³-hybridized carbons (Fsp3) is 0.722. The Kier molecular flexibility index (Phi) is 4.14. The zero-order valence-corrected chi connectivity index (χ0v) is 16.7. The second-order valence-corrected chi connectivity index (χ2v) is 10.9. The van der Waals surface area contributed by atoms with Crippen molar-refractivity contribution in [3.8, 4) is 0 Å². The van der Waals surface area contributed by atoms with Crippen molar-refractivity contribution < 1.29 is 17.9 Å². The summed E-state index contributed by atoms with van der Waals surface area (Å²) in [5.74, 6) is 1.20. The van der Waals surface area contributed by atoms with Gasteiger partial charge in [-0.1, -0.05) is 0 Å². The van der Waals surface area contributed by atoms with E-state index in [1.807, 2.05) is 20.8 Å². The van der Waals surface area contributed by atoms with Gasteiger partial charge in [-0.2, -0.15) is 0 Å². The zero-order chi connectivity index (χ0) is 19.4. The molecule has 0 bridgehead atoms. The Morgan fingerprint density at radius 2 is 1.93 bits per heavy atom.